The number of nitrogens with one attached hydrogen (secondary N) is 2. The third kappa shape index (κ3) is 6.89. The third-order valence-corrected chi connectivity index (χ3v) is 8.17. The highest BCUT2D eigenvalue weighted by Crippen LogP contribution is 2.45. The van der Waals surface area contributed by atoms with Gasteiger partial charge in [0.1, 0.15) is 29.0 Å². The Morgan fingerprint density at radius 1 is 1.20 bits per heavy atom. The molecule has 3 amide bonds. The van der Waals surface area contributed by atoms with Gasteiger partial charge in [0.05, 0.1) is 6.04 Å². The van der Waals surface area contributed by atoms with Crippen LogP contribution in [0.4, 0.5) is 9.18 Å². The lowest BCUT2D eigenvalue weighted by molar-refractivity contribution is -0.145. The number of allylic oxidation sites excluding steroid dienone is 1. The normalized spacial score (nSPS) is 28.5. The fourth-order valence-corrected chi connectivity index (χ4v) is 5.82. The number of aliphatic carboxylic acids is 1. The van der Waals surface area contributed by atoms with E-state index in [4.69, 9.17) is 4.74 Å². The first-order valence-corrected chi connectivity index (χ1v) is 14.9. The van der Waals surface area contributed by atoms with Gasteiger partial charge in [-0.2, -0.15) is 4.80 Å². The molecule has 2 aliphatic heterocycles. The van der Waals surface area contributed by atoms with E-state index in [-0.39, 0.29) is 31.1 Å². The molecule has 0 bridgehead atoms. The van der Waals surface area contributed by atoms with Crippen molar-refractivity contribution in [2.75, 3.05) is 6.54 Å². The Kier molecular flexibility index (Phi) is 8.71. The number of rotatable bonds is 4. The highest BCUT2D eigenvalue weighted by molar-refractivity contribution is 5.96. The predicted molar refractivity (Wildman–Crippen MR) is 154 cm³/mol. The largest absolute Gasteiger partial charge is 0.479 e. The maximum Gasteiger partial charge on any atom is 0.408 e. The van der Waals surface area contributed by atoms with Gasteiger partial charge in [0.25, 0.3) is 0 Å². The SMILES string of the molecule is CC(C)(C)OC(=O)NC1CCCCC/C=C\C2CC2(C(=O)O)NC(=O)C2C[C@@H](n3nnc(-c4cccc(F)c4)n3)CN2C1=O. The molecule has 14 heteroatoms. The van der Waals surface area contributed by atoms with Crippen LogP contribution in [0.2, 0.25) is 0 Å². The Morgan fingerprint density at radius 2 is 2.00 bits per heavy atom. The number of hydrogen-bond acceptors (Lipinski definition) is 8. The minimum absolute atomic E-state index is 0.00573. The molecule has 1 aliphatic carbocycles. The number of carboxylic acid groups (broad SMARTS) is 1. The zero-order chi connectivity index (χ0) is 31.6. The molecule has 3 heterocycles. The molecule has 3 aliphatic rings. The lowest BCUT2D eigenvalue weighted by atomic mass is 10.0. The molecule has 1 saturated heterocycles. The first-order chi connectivity index (χ1) is 20.9. The molecule has 13 nitrogen and oxygen atoms in total. The molecule has 5 atom stereocenters. The fraction of sp³-hybridized carbons (Fsp3) is 0.567. The summed E-state index contributed by atoms with van der Waals surface area (Å²) >= 11 is 0. The lowest BCUT2D eigenvalue weighted by Crippen LogP contribution is -2.56. The number of alkyl carbamates (subject to hydrolysis) is 1. The number of halogens is 1. The van der Waals surface area contributed by atoms with Crippen molar-refractivity contribution in [2.24, 2.45) is 5.92 Å². The van der Waals surface area contributed by atoms with E-state index in [2.05, 4.69) is 26.0 Å². The Balaban J connectivity index is 1.44. The van der Waals surface area contributed by atoms with Crippen LogP contribution in [0.5, 0.6) is 0 Å². The van der Waals surface area contributed by atoms with Crippen LogP contribution in [0.15, 0.2) is 36.4 Å². The minimum Gasteiger partial charge on any atom is -0.479 e. The summed E-state index contributed by atoms with van der Waals surface area (Å²) < 4.78 is 19.2. The first-order valence-electron chi connectivity index (χ1n) is 14.9. The average Bonchev–Trinajstić information content (AvgIpc) is 3.27. The number of carbonyl (C=O) groups is 4. The van der Waals surface area contributed by atoms with Gasteiger partial charge >= 0.3 is 12.1 Å². The summed E-state index contributed by atoms with van der Waals surface area (Å²) in [7, 11) is 0. The molecule has 5 rings (SSSR count). The Bertz CT molecular complexity index is 1460. The van der Waals surface area contributed by atoms with E-state index in [1.54, 1.807) is 26.8 Å². The van der Waals surface area contributed by atoms with Crippen LogP contribution >= 0.6 is 0 Å². The number of fused-ring (bicyclic) bond motifs is 2. The van der Waals surface area contributed by atoms with Crippen molar-refractivity contribution in [1.29, 1.82) is 0 Å². The van der Waals surface area contributed by atoms with E-state index >= 15 is 0 Å². The number of amides is 3. The van der Waals surface area contributed by atoms with E-state index in [1.807, 2.05) is 12.2 Å². The maximum absolute atomic E-state index is 14.1. The van der Waals surface area contributed by atoms with Gasteiger partial charge < -0.3 is 25.4 Å². The molecule has 4 unspecified atom stereocenters. The summed E-state index contributed by atoms with van der Waals surface area (Å²) in [6, 6.07) is 3.10. The van der Waals surface area contributed by atoms with E-state index in [0.717, 1.165) is 19.3 Å². The second kappa shape index (κ2) is 12.3. The Hall–Kier alpha value is -4.36. The van der Waals surface area contributed by atoms with Crippen molar-refractivity contribution in [1.82, 2.24) is 35.7 Å². The van der Waals surface area contributed by atoms with Crippen LogP contribution < -0.4 is 10.6 Å². The van der Waals surface area contributed by atoms with Crippen LogP contribution in [0.25, 0.3) is 11.4 Å². The van der Waals surface area contributed by atoms with Crippen molar-refractivity contribution in [3.8, 4) is 11.4 Å². The average molecular weight is 612 g/mol. The summed E-state index contributed by atoms with van der Waals surface area (Å²) in [5, 5.41) is 28.0. The number of carboxylic acids is 1. The molecule has 44 heavy (non-hydrogen) atoms. The van der Waals surface area contributed by atoms with Crippen LogP contribution in [0.3, 0.4) is 0 Å². The minimum atomic E-state index is -1.45. The molecular formula is C30H38FN7O6. The van der Waals surface area contributed by atoms with Gasteiger partial charge in [-0.15, -0.1) is 10.2 Å². The van der Waals surface area contributed by atoms with Crippen LogP contribution in [-0.4, -0.2) is 83.9 Å². The number of hydrogen-bond donors (Lipinski definition) is 3. The highest BCUT2D eigenvalue weighted by Gasteiger charge is 2.61. The zero-order valence-electron chi connectivity index (χ0n) is 25.0. The first kappa shape index (κ1) is 31.1. The van der Waals surface area contributed by atoms with Gasteiger partial charge in [0, 0.05) is 24.4 Å². The molecule has 0 spiro atoms. The molecule has 1 aromatic carbocycles. The number of ether oxygens (including phenoxy) is 1. The van der Waals surface area contributed by atoms with E-state index in [0.29, 0.717) is 18.4 Å². The van der Waals surface area contributed by atoms with E-state index in [9.17, 15) is 28.7 Å². The molecule has 0 radical (unpaired) electrons. The number of nitrogens with zero attached hydrogens (tertiary/aromatic N) is 5. The number of benzene rings is 1. The fourth-order valence-electron chi connectivity index (χ4n) is 5.82. The number of aromatic nitrogens is 4. The van der Waals surface area contributed by atoms with Gasteiger partial charge in [-0.25, -0.2) is 14.0 Å². The van der Waals surface area contributed by atoms with Gasteiger partial charge in [0.15, 0.2) is 0 Å². The van der Waals surface area contributed by atoms with Gasteiger partial charge in [-0.05, 0) is 63.8 Å². The molecule has 236 valence electrons. The zero-order valence-corrected chi connectivity index (χ0v) is 25.0. The monoisotopic (exact) mass is 611 g/mol. The summed E-state index contributed by atoms with van der Waals surface area (Å²) in [6.07, 6.45) is 6.65. The smallest absolute Gasteiger partial charge is 0.408 e. The summed E-state index contributed by atoms with van der Waals surface area (Å²) in [5.41, 5.74) is -1.83. The maximum atomic E-state index is 14.1. The van der Waals surface area contributed by atoms with Crippen LogP contribution in [0.1, 0.15) is 71.8 Å². The van der Waals surface area contributed by atoms with Crippen molar-refractivity contribution in [3.63, 3.8) is 0 Å². The summed E-state index contributed by atoms with van der Waals surface area (Å²) in [4.78, 5) is 55.6. The van der Waals surface area contributed by atoms with Gasteiger partial charge in [-0.1, -0.05) is 37.1 Å². The Morgan fingerprint density at radius 3 is 2.73 bits per heavy atom. The van der Waals surface area contributed by atoms with E-state index < -0.39 is 59.0 Å². The van der Waals surface area contributed by atoms with Gasteiger partial charge in [0.2, 0.25) is 17.6 Å². The summed E-state index contributed by atoms with van der Waals surface area (Å²) in [5.74, 6) is -2.89. The van der Waals surface area contributed by atoms with Crippen LogP contribution in [-0.2, 0) is 19.1 Å². The van der Waals surface area contributed by atoms with Crippen molar-refractivity contribution < 1.29 is 33.4 Å². The Labute approximate surface area is 254 Å². The van der Waals surface area contributed by atoms with Gasteiger partial charge in [-0.3, -0.25) is 9.59 Å². The second-order valence-corrected chi connectivity index (χ2v) is 12.7. The van der Waals surface area contributed by atoms with Crippen molar-refractivity contribution in [3.05, 3.63) is 42.2 Å². The molecule has 2 aromatic rings. The highest BCUT2D eigenvalue weighted by atomic mass is 19.1. The second-order valence-electron chi connectivity index (χ2n) is 12.7. The van der Waals surface area contributed by atoms with Crippen molar-refractivity contribution >= 4 is 23.9 Å². The number of carbonyl (C=O) groups excluding carboxylic acids is 3. The molecular weight excluding hydrogens is 573 g/mol. The molecule has 1 saturated carbocycles. The van der Waals surface area contributed by atoms with Crippen molar-refractivity contribution in [2.45, 2.75) is 95.0 Å². The lowest BCUT2D eigenvalue weighted by Gasteiger charge is -2.30. The quantitative estimate of drug-likeness (QED) is 0.440. The van der Waals surface area contributed by atoms with Crippen LogP contribution in [0, 0.1) is 11.7 Å². The third-order valence-electron chi connectivity index (χ3n) is 8.17. The molecule has 2 fully saturated rings. The standard InChI is InChI=1S/C30H38FN7O6/c1-29(2,3)44-28(43)32-22-13-8-6-4-5-7-11-19-16-30(19,27(41)42)33-25(39)23-15-21(17-37(23)26(22)40)38-35-24(34-36-38)18-10-9-12-20(31)14-18/h7,9-12,14,19,21-23H,4-6,8,13,15-17H2,1-3H3,(H,32,43)(H,33,39)(H,41,42)/b11-7-/t19?,21-,22?,23?,30?/m1/s1. The molecule has 3 N–H and O–H groups in total. The van der Waals surface area contributed by atoms with E-state index in [1.165, 1.54) is 27.9 Å². The number of tetrazole rings is 1. The topological polar surface area (TPSA) is 169 Å². The summed E-state index contributed by atoms with van der Waals surface area (Å²) in [6.45, 7) is 5.16. The molecule has 1 aromatic heterocycles. The predicted octanol–water partition coefficient (Wildman–Crippen LogP) is 2.99.